The third kappa shape index (κ3) is 4.92. The quantitative estimate of drug-likeness (QED) is 0.766. The van der Waals surface area contributed by atoms with Gasteiger partial charge in [-0.25, -0.2) is 4.79 Å². The standard InChI is InChI=1S/C23H29N3O4S/c1-19-9-11-21(12-10-19)31(28,29)30-26-17-13-23(14-18-26,20-7-3-2-4-8-20)24-22(27)25-15-5-6-16-25/h2-4,7-12H,5-6,13-18H2,1H3,(H,24,27). The van der Waals surface area contributed by atoms with E-state index >= 15 is 0 Å². The van der Waals surface area contributed by atoms with E-state index < -0.39 is 15.7 Å². The molecule has 2 aromatic rings. The Hall–Kier alpha value is -2.42. The number of rotatable bonds is 5. The summed E-state index contributed by atoms with van der Waals surface area (Å²) in [4.78, 5) is 14.9. The van der Waals surface area contributed by atoms with Gasteiger partial charge in [-0.2, -0.15) is 17.8 Å². The molecule has 2 fully saturated rings. The van der Waals surface area contributed by atoms with Crippen molar-refractivity contribution in [2.75, 3.05) is 26.2 Å². The molecule has 0 aliphatic carbocycles. The molecule has 0 atom stereocenters. The molecule has 0 spiro atoms. The lowest BCUT2D eigenvalue weighted by Crippen LogP contribution is -2.55. The van der Waals surface area contributed by atoms with Gasteiger partial charge in [0, 0.05) is 26.2 Å². The third-order valence-electron chi connectivity index (χ3n) is 6.16. The van der Waals surface area contributed by atoms with Crippen LogP contribution in [0.4, 0.5) is 4.79 Å². The van der Waals surface area contributed by atoms with Crippen molar-refractivity contribution < 1.29 is 17.5 Å². The summed E-state index contributed by atoms with van der Waals surface area (Å²) in [5.41, 5.74) is 1.47. The number of nitrogens with zero attached hydrogens (tertiary/aromatic N) is 2. The molecule has 1 N–H and O–H groups in total. The summed E-state index contributed by atoms with van der Waals surface area (Å²) in [5.74, 6) is 0. The largest absolute Gasteiger partial charge is 0.328 e. The second kappa shape index (κ2) is 8.98. The molecule has 2 saturated heterocycles. The van der Waals surface area contributed by atoms with E-state index in [9.17, 15) is 13.2 Å². The fraction of sp³-hybridized carbons (Fsp3) is 0.435. The average molecular weight is 444 g/mol. The van der Waals surface area contributed by atoms with Gasteiger partial charge in [-0.15, -0.1) is 0 Å². The number of hydroxylamine groups is 2. The highest BCUT2D eigenvalue weighted by molar-refractivity contribution is 7.86. The number of piperidine rings is 1. The molecule has 7 nitrogen and oxygen atoms in total. The third-order valence-corrected chi connectivity index (χ3v) is 7.41. The topological polar surface area (TPSA) is 79.0 Å². The molecule has 8 heteroatoms. The highest BCUT2D eigenvalue weighted by atomic mass is 32.2. The number of urea groups is 1. The van der Waals surface area contributed by atoms with Crippen molar-refractivity contribution in [1.82, 2.24) is 15.3 Å². The monoisotopic (exact) mass is 443 g/mol. The molecule has 2 aliphatic rings. The number of aryl methyl sites for hydroxylation is 1. The number of amides is 2. The second-order valence-corrected chi connectivity index (χ2v) is 9.87. The fourth-order valence-electron chi connectivity index (χ4n) is 4.28. The number of hydrogen-bond donors (Lipinski definition) is 1. The van der Waals surface area contributed by atoms with Crippen LogP contribution in [-0.2, 0) is 19.9 Å². The Labute approximate surface area is 184 Å². The van der Waals surface area contributed by atoms with Crippen molar-refractivity contribution in [3.63, 3.8) is 0 Å². The maximum absolute atomic E-state index is 12.9. The fourth-order valence-corrected chi connectivity index (χ4v) is 5.26. The molecule has 0 radical (unpaired) electrons. The minimum absolute atomic E-state index is 0.0528. The Morgan fingerprint density at radius 1 is 0.935 bits per heavy atom. The number of carbonyl (C=O) groups excluding carboxylic acids is 1. The Bertz CT molecular complexity index is 995. The number of benzene rings is 2. The van der Waals surface area contributed by atoms with E-state index in [1.54, 1.807) is 24.3 Å². The molecule has 31 heavy (non-hydrogen) atoms. The molecule has 2 aliphatic heterocycles. The SMILES string of the molecule is Cc1ccc(S(=O)(=O)ON2CCC(NC(=O)N3CCCC3)(c3ccccc3)CC2)cc1. The van der Waals surface area contributed by atoms with Crippen LogP contribution in [0.2, 0.25) is 0 Å². The van der Waals surface area contributed by atoms with Gasteiger partial charge in [-0.05, 0) is 50.3 Å². The molecule has 166 valence electrons. The molecular formula is C23H29N3O4S. The van der Waals surface area contributed by atoms with Gasteiger partial charge in [0.15, 0.2) is 0 Å². The summed E-state index contributed by atoms with van der Waals surface area (Å²) in [6.45, 7) is 4.24. The smallest absolute Gasteiger partial charge is 0.318 e. The van der Waals surface area contributed by atoms with E-state index in [0.717, 1.165) is 37.1 Å². The molecule has 2 heterocycles. The van der Waals surface area contributed by atoms with Crippen molar-refractivity contribution >= 4 is 16.1 Å². The van der Waals surface area contributed by atoms with Gasteiger partial charge < -0.3 is 10.2 Å². The minimum Gasteiger partial charge on any atom is -0.328 e. The summed E-state index contributed by atoms with van der Waals surface area (Å²) in [7, 11) is -3.88. The van der Waals surface area contributed by atoms with Crippen LogP contribution in [0.3, 0.4) is 0 Å². The lowest BCUT2D eigenvalue weighted by molar-refractivity contribution is -0.0834. The van der Waals surface area contributed by atoms with E-state index in [0.29, 0.717) is 25.9 Å². The van der Waals surface area contributed by atoms with Crippen LogP contribution >= 0.6 is 0 Å². The van der Waals surface area contributed by atoms with E-state index in [1.807, 2.05) is 42.2 Å². The summed E-state index contributed by atoms with van der Waals surface area (Å²) in [6, 6.07) is 16.5. The van der Waals surface area contributed by atoms with Crippen molar-refractivity contribution in [3.05, 3.63) is 65.7 Å². The zero-order chi connectivity index (χ0) is 21.9. The van der Waals surface area contributed by atoms with Crippen molar-refractivity contribution in [1.29, 1.82) is 0 Å². The number of nitrogens with one attached hydrogen (secondary N) is 1. The number of carbonyl (C=O) groups is 1. The Morgan fingerprint density at radius 2 is 1.55 bits per heavy atom. The average Bonchev–Trinajstić information content (AvgIpc) is 3.31. The maximum atomic E-state index is 12.9. The van der Waals surface area contributed by atoms with Gasteiger partial charge in [0.1, 0.15) is 0 Å². The molecule has 0 unspecified atom stereocenters. The van der Waals surface area contributed by atoms with Gasteiger partial charge in [0.2, 0.25) is 0 Å². The molecule has 2 aromatic carbocycles. The van der Waals surface area contributed by atoms with E-state index in [2.05, 4.69) is 5.32 Å². The molecule has 4 rings (SSSR count). The van der Waals surface area contributed by atoms with Crippen LogP contribution in [0.25, 0.3) is 0 Å². The van der Waals surface area contributed by atoms with E-state index in [4.69, 9.17) is 4.28 Å². The Kier molecular flexibility index (Phi) is 6.31. The summed E-state index contributed by atoms with van der Waals surface area (Å²) < 4.78 is 30.7. The first-order valence-electron chi connectivity index (χ1n) is 10.8. The molecule has 0 bridgehead atoms. The van der Waals surface area contributed by atoms with Crippen LogP contribution in [0.15, 0.2) is 59.5 Å². The van der Waals surface area contributed by atoms with Crippen molar-refractivity contribution in [2.45, 2.75) is 43.0 Å². The molecular weight excluding hydrogens is 414 g/mol. The lowest BCUT2D eigenvalue weighted by atomic mass is 9.81. The van der Waals surface area contributed by atoms with Crippen LogP contribution in [0.1, 0.15) is 36.8 Å². The number of likely N-dealkylation sites (tertiary alicyclic amines) is 1. The van der Waals surface area contributed by atoms with Crippen molar-refractivity contribution in [2.24, 2.45) is 0 Å². The van der Waals surface area contributed by atoms with Crippen LogP contribution in [0, 0.1) is 6.92 Å². The van der Waals surface area contributed by atoms with Gasteiger partial charge in [0.05, 0.1) is 10.4 Å². The summed E-state index contributed by atoms with van der Waals surface area (Å²) in [6.07, 6.45) is 3.18. The van der Waals surface area contributed by atoms with E-state index in [-0.39, 0.29) is 10.9 Å². The first kappa shape index (κ1) is 21.8. The maximum Gasteiger partial charge on any atom is 0.318 e. The van der Waals surface area contributed by atoms with Crippen LogP contribution < -0.4 is 5.32 Å². The number of hydrogen-bond acceptors (Lipinski definition) is 5. The first-order valence-corrected chi connectivity index (χ1v) is 12.2. The van der Waals surface area contributed by atoms with Gasteiger partial charge in [-0.3, -0.25) is 0 Å². The lowest BCUT2D eigenvalue weighted by Gasteiger charge is -2.42. The van der Waals surface area contributed by atoms with Crippen LogP contribution in [-0.4, -0.2) is 50.6 Å². The van der Waals surface area contributed by atoms with Gasteiger partial charge in [-0.1, -0.05) is 48.0 Å². The van der Waals surface area contributed by atoms with Crippen molar-refractivity contribution in [3.8, 4) is 0 Å². The first-order chi connectivity index (χ1) is 14.9. The molecule has 2 amide bonds. The zero-order valence-electron chi connectivity index (χ0n) is 17.8. The summed E-state index contributed by atoms with van der Waals surface area (Å²) >= 11 is 0. The second-order valence-electron chi connectivity index (χ2n) is 8.34. The van der Waals surface area contributed by atoms with Gasteiger partial charge >= 0.3 is 16.1 Å². The molecule has 0 aromatic heterocycles. The summed E-state index contributed by atoms with van der Waals surface area (Å²) in [5, 5.41) is 4.75. The molecule has 0 saturated carbocycles. The Morgan fingerprint density at radius 3 is 2.16 bits per heavy atom. The minimum atomic E-state index is -3.88. The zero-order valence-corrected chi connectivity index (χ0v) is 18.6. The highest BCUT2D eigenvalue weighted by Gasteiger charge is 2.40. The van der Waals surface area contributed by atoms with Crippen LogP contribution in [0.5, 0.6) is 0 Å². The van der Waals surface area contributed by atoms with E-state index in [1.165, 1.54) is 5.06 Å². The normalized spacial score (nSPS) is 19.3. The predicted octanol–water partition coefficient (Wildman–Crippen LogP) is 3.41. The van der Waals surface area contributed by atoms with Gasteiger partial charge in [0.25, 0.3) is 0 Å². The Balaban J connectivity index is 1.48. The highest BCUT2D eigenvalue weighted by Crippen LogP contribution is 2.34. The predicted molar refractivity (Wildman–Crippen MR) is 118 cm³/mol.